The van der Waals surface area contributed by atoms with Crippen molar-refractivity contribution in [3.05, 3.63) is 19.5 Å². The summed E-state index contributed by atoms with van der Waals surface area (Å²) < 4.78 is 8.20. The third kappa shape index (κ3) is 3.28. The van der Waals surface area contributed by atoms with Crippen LogP contribution in [0, 0.1) is 20.8 Å². The fraction of sp³-hybridized carbons (Fsp3) is 0.429. The van der Waals surface area contributed by atoms with Gasteiger partial charge in [-0.2, -0.15) is 8.75 Å². The zero-order valence-electron chi connectivity index (χ0n) is 7.58. The first-order valence-electron chi connectivity index (χ1n) is 3.42. The van der Waals surface area contributed by atoms with Crippen LogP contribution in [0.5, 0.6) is 0 Å². The van der Waals surface area contributed by atoms with Gasteiger partial charge in [0, 0.05) is 0 Å². The molecular weight excluding hydrogens is 291 g/mol. The van der Waals surface area contributed by atoms with Crippen LogP contribution in [-0.4, -0.2) is 21.8 Å². The van der Waals surface area contributed by atoms with Crippen LogP contribution in [0.1, 0.15) is 5.69 Å². The summed E-state index contributed by atoms with van der Waals surface area (Å²) in [5.74, 6) is 0.917. The van der Waals surface area contributed by atoms with Gasteiger partial charge in [-0.05, 0) is 6.92 Å². The molecule has 0 N–H and O–H groups in total. The van der Waals surface area contributed by atoms with Crippen LogP contribution < -0.4 is 73.8 Å². The number of aryl methyl sites for hydroxylation is 1. The number of aromatic nitrogens is 2. The molecule has 1 heterocycles. The van der Waals surface area contributed by atoms with Crippen molar-refractivity contribution in [1.29, 1.82) is 0 Å². The number of anilines is 1. The summed E-state index contributed by atoms with van der Waals surface area (Å²) in [7, 11) is 0. The Morgan fingerprint density at radius 2 is 1.92 bits per heavy atom. The smallest absolute Gasteiger partial charge is 0.414 e. The molecule has 1 aromatic heterocycles. The first-order chi connectivity index (χ1) is 5.29. The Kier molecular flexibility index (Phi) is 7.61. The SMILES string of the molecule is [CH2-]CN(C[CH2-])c1nsnc1C.[Cs+]. The maximum Gasteiger partial charge on any atom is 1.00 e. The van der Waals surface area contributed by atoms with Crippen LogP contribution in [0.15, 0.2) is 0 Å². The first-order valence-corrected chi connectivity index (χ1v) is 4.15. The normalized spacial score (nSPS) is 9.25. The third-order valence-electron chi connectivity index (χ3n) is 1.47. The Balaban J connectivity index is 0.00000121. The predicted molar refractivity (Wildman–Crippen MR) is 47.6 cm³/mol. The summed E-state index contributed by atoms with van der Waals surface area (Å²) in [5, 5.41) is 0. The fourth-order valence-electron chi connectivity index (χ4n) is 0.837. The molecule has 0 bridgehead atoms. The summed E-state index contributed by atoms with van der Waals surface area (Å²) in [5.41, 5.74) is 0.960. The van der Waals surface area contributed by atoms with Crippen molar-refractivity contribution in [3.63, 3.8) is 0 Å². The van der Waals surface area contributed by atoms with Gasteiger partial charge < -0.3 is 18.7 Å². The van der Waals surface area contributed by atoms with Crippen molar-refractivity contribution < 1.29 is 68.9 Å². The van der Waals surface area contributed by atoms with Gasteiger partial charge in [0.05, 0.1) is 17.4 Å². The Morgan fingerprint density at radius 1 is 1.33 bits per heavy atom. The van der Waals surface area contributed by atoms with Gasteiger partial charge in [0.2, 0.25) is 0 Å². The number of nitrogens with zero attached hydrogens (tertiary/aromatic N) is 3. The molecule has 3 nitrogen and oxygen atoms in total. The maximum absolute atomic E-state index is 4.13. The van der Waals surface area contributed by atoms with E-state index in [0.717, 1.165) is 11.5 Å². The average Bonchev–Trinajstić information content (AvgIpc) is 2.40. The van der Waals surface area contributed by atoms with E-state index in [0.29, 0.717) is 13.1 Å². The molecule has 0 aliphatic rings. The van der Waals surface area contributed by atoms with E-state index in [9.17, 15) is 0 Å². The van der Waals surface area contributed by atoms with E-state index in [1.54, 1.807) is 0 Å². The molecule has 12 heavy (non-hydrogen) atoms. The van der Waals surface area contributed by atoms with Gasteiger partial charge >= 0.3 is 68.9 Å². The van der Waals surface area contributed by atoms with Crippen LogP contribution in [0.2, 0.25) is 0 Å². The quantitative estimate of drug-likeness (QED) is 0.625. The molecule has 62 valence electrons. The molecule has 0 atom stereocenters. The van der Waals surface area contributed by atoms with Crippen molar-refractivity contribution in [2.75, 3.05) is 18.0 Å². The van der Waals surface area contributed by atoms with Gasteiger partial charge in [-0.15, -0.1) is 13.1 Å². The summed E-state index contributed by atoms with van der Waals surface area (Å²) >= 11 is 1.23. The van der Waals surface area contributed by atoms with Crippen molar-refractivity contribution in [1.82, 2.24) is 8.75 Å². The topological polar surface area (TPSA) is 29.0 Å². The van der Waals surface area contributed by atoms with Gasteiger partial charge in [0.15, 0.2) is 5.82 Å². The van der Waals surface area contributed by atoms with E-state index < -0.39 is 0 Å². The molecule has 0 radical (unpaired) electrons. The molecule has 0 aliphatic heterocycles. The Hall–Kier alpha value is 1.41. The average molecular weight is 302 g/mol. The van der Waals surface area contributed by atoms with Crippen LogP contribution in [0.4, 0.5) is 5.82 Å². The molecule has 1 aromatic rings. The Labute approximate surface area is 137 Å². The molecule has 0 fully saturated rings. The zero-order chi connectivity index (χ0) is 8.27. The second-order valence-electron chi connectivity index (χ2n) is 2.16. The predicted octanol–water partition coefficient (Wildman–Crippen LogP) is -1.67. The van der Waals surface area contributed by atoms with Crippen molar-refractivity contribution >= 4 is 17.5 Å². The molecule has 0 amide bonds. The molecule has 0 unspecified atom stereocenters. The van der Waals surface area contributed by atoms with Gasteiger partial charge in [-0.3, -0.25) is 0 Å². The monoisotopic (exact) mass is 302 g/mol. The van der Waals surface area contributed by atoms with Gasteiger partial charge in [0.25, 0.3) is 0 Å². The fourth-order valence-corrected chi connectivity index (χ4v) is 1.41. The molecule has 0 aromatic carbocycles. The third-order valence-corrected chi connectivity index (χ3v) is 2.08. The van der Waals surface area contributed by atoms with E-state index in [-0.39, 0.29) is 68.9 Å². The van der Waals surface area contributed by atoms with E-state index in [1.165, 1.54) is 11.7 Å². The van der Waals surface area contributed by atoms with Crippen molar-refractivity contribution in [3.8, 4) is 0 Å². The molecule has 0 spiro atoms. The number of hydrogen-bond acceptors (Lipinski definition) is 4. The minimum atomic E-state index is 0. The molecule has 5 heteroatoms. The molecular formula is C7H11CsN3S-. The molecule has 0 aliphatic carbocycles. The minimum Gasteiger partial charge on any atom is -0.414 e. The minimum absolute atomic E-state index is 0. The first kappa shape index (κ1) is 13.4. The van der Waals surface area contributed by atoms with Gasteiger partial charge in [-0.1, -0.05) is 0 Å². The zero-order valence-corrected chi connectivity index (χ0v) is 14.7. The summed E-state index contributed by atoms with van der Waals surface area (Å²) in [6, 6.07) is 0. The van der Waals surface area contributed by atoms with E-state index in [4.69, 9.17) is 0 Å². The standard InChI is InChI=1S/C7H11N3S.Cs/c1-4-10(5-2)7-6(3)8-11-9-7;/h1-2,4-5H2,3H3;/q-2;+1. The molecule has 0 saturated carbocycles. The largest absolute Gasteiger partial charge is 1.00 e. The van der Waals surface area contributed by atoms with Crippen LogP contribution in [-0.2, 0) is 0 Å². The Bertz CT molecular complexity index is 222. The van der Waals surface area contributed by atoms with Crippen molar-refractivity contribution in [2.24, 2.45) is 0 Å². The summed E-state index contributed by atoms with van der Waals surface area (Å²) in [4.78, 5) is 1.98. The number of rotatable bonds is 3. The van der Waals surface area contributed by atoms with Gasteiger partial charge in [-0.25, -0.2) is 0 Å². The summed E-state index contributed by atoms with van der Waals surface area (Å²) in [6.07, 6.45) is 0. The summed E-state index contributed by atoms with van der Waals surface area (Å²) in [6.45, 7) is 10.9. The maximum atomic E-state index is 4.13. The number of hydrogen-bond donors (Lipinski definition) is 0. The molecule has 1 rings (SSSR count). The van der Waals surface area contributed by atoms with Crippen LogP contribution >= 0.6 is 11.7 Å². The van der Waals surface area contributed by atoms with E-state index >= 15 is 0 Å². The Morgan fingerprint density at radius 3 is 2.25 bits per heavy atom. The van der Waals surface area contributed by atoms with Gasteiger partial charge in [0.1, 0.15) is 0 Å². The van der Waals surface area contributed by atoms with E-state index in [2.05, 4.69) is 22.6 Å². The second-order valence-corrected chi connectivity index (χ2v) is 2.69. The molecule has 0 saturated heterocycles. The van der Waals surface area contributed by atoms with Crippen LogP contribution in [0.3, 0.4) is 0 Å². The second kappa shape index (κ2) is 6.81. The van der Waals surface area contributed by atoms with Crippen molar-refractivity contribution in [2.45, 2.75) is 6.92 Å². The van der Waals surface area contributed by atoms with E-state index in [1.807, 2.05) is 11.8 Å². The van der Waals surface area contributed by atoms with Crippen LogP contribution in [0.25, 0.3) is 0 Å².